The number of imide groups is 2. The maximum Gasteiger partial charge on any atom is 0.411 e. The summed E-state index contributed by atoms with van der Waals surface area (Å²) in [6, 6.07) is 12.3. The van der Waals surface area contributed by atoms with E-state index in [1.807, 2.05) is 0 Å². The van der Waals surface area contributed by atoms with E-state index < -0.39 is 112 Å². The van der Waals surface area contributed by atoms with E-state index in [-0.39, 0.29) is 18.0 Å². The first-order chi connectivity index (χ1) is 28.0. The van der Waals surface area contributed by atoms with E-state index in [9.17, 15) is 39.6 Å². The molecule has 4 aromatic carbocycles. The summed E-state index contributed by atoms with van der Waals surface area (Å²) < 4.78 is 103. The highest BCUT2D eigenvalue weighted by Gasteiger charge is 2.73. The zero-order chi connectivity index (χ0) is 44.3. The normalized spacial score (nSPS) is 15.7. The van der Waals surface area contributed by atoms with Gasteiger partial charge in [0, 0.05) is 12.5 Å². The summed E-state index contributed by atoms with van der Waals surface area (Å²) in [5.41, 5.74) is -9.59. The number of carbonyl (C=O) groups excluding carboxylic acids is 4. The van der Waals surface area contributed by atoms with E-state index >= 15 is 26.3 Å². The third-order valence-electron chi connectivity index (χ3n) is 10.8. The van der Waals surface area contributed by atoms with Crippen LogP contribution in [0.25, 0.3) is 0 Å². The molecule has 2 unspecified atom stereocenters. The summed E-state index contributed by atoms with van der Waals surface area (Å²) in [6.45, 7) is 3.32. The summed E-state index contributed by atoms with van der Waals surface area (Å²) >= 11 is 0. The number of hydrogen-bond acceptors (Lipinski definition) is 10. The van der Waals surface area contributed by atoms with Gasteiger partial charge in [0.25, 0.3) is 23.6 Å². The number of amides is 4. The van der Waals surface area contributed by atoms with E-state index in [4.69, 9.17) is 9.47 Å². The second-order valence-electron chi connectivity index (χ2n) is 15.0. The molecule has 0 spiro atoms. The van der Waals surface area contributed by atoms with Crippen LogP contribution in [0.5, 0.6) is 11.5 Å². The van der Waals surface area contributed by atoms with Crippen LogP contribution in [0.4, 0.5) is 32.0 Å². The fraction of sp³-hybridized carbons (Fsp3) is 0.333. The summed E-state index contributed by atoms with van der Waals surface area (Å²) in [4.78, 5) is 54.2. The number of aliphatic hydroxyl groups is 4. The van der Waals surface area contributed by atoms with Crippen molar-refractivity contribution in [2.24, 2.45) is 0 Å². The lowest BCUT2D eigenvalue weighted by molar-refractivity contribution is -0.288. The van der Waals surface area contributed by atoms with Gasteiger partial charge in [-0.15, -0.1) is 0 Å². The standard InChI is InChI=1S/C42H38F6N2O10/c1-21-5-6-22(15-33(21)59-19-26(53)17-51)39(2,3)23-9-12-32(34(16-23)60-20-27(54)18-52)50-37(57)29-11-8-25(14-31(29)38(50)58)40(41(43,44)45,42(46,47)48)24-7-10-28-30(13-24)36(56)49(4)35(28)55/h5-16,26-27,51-54H,17-20H2,1-4H3. The van der Waals surface area contributed by atoms with Crippen molar-refractivity contribution in [3.05, 3.63) is 123 Å². The zero-order valence-corrected chi connectivity index (χ0v) is 32.3. The Kier molecular flexibility index (Phi) is 11.4. The Hall–Kier alpha value is -5.82. The molecular formula is C42H38F6N2O10. The van der Waals surface area contributed by atoms with Crippen molar-refractivity contribution in [1.29, 1.82) is 0 Å². The molecule has 4 amide bonds. The Labute approximate surface area is 338 Å². The third kappa shape index (κ3) is 7.16. The summed E-state index contributed by atoms with van der Waals surface area (Å²) in [5.74, 6) is -4.31. The van der Waals surface area contributed by atoms with Crippen LogP contribution < -0.4 is 14.4 Å². The number of benzene rings is 4. The first-order valence-electron chi connectivity index (χ1n) is 18.2. The molecule has 4 N–H and O–H groups in total. The SMILES string of the molecule is Cc1ccc(C(C)(C)c2ccc(N3C(=O)c4ccc(C(c5ccc6c(c5)C(=O)N(C)C6=O)(C(F)(F)F)C(F)(F)F)cc4C3=O)c(OCC(O)CO)c2)cc1OCC(O)CO. The van der Waals surface area contributed by atoms with Crippen molar-refractivity contribution in [2.45, 2.75) is 56.2 Å². The lowest BCUT2D eigenvalue weighted by Gasteiger charge is -2.38. The number of carbonyl (C=O) groups is 4. The lowest BCUT2D eigenvalue weighted by atomic mass is 9.71. The van der Waals surface area contributed by atoms with Crippen LogP contribution in [0.1, 0.15) is 83.1 Å². The zero-order valence-electron chi connectivity index (χ0n) is 32.3. The van der Waals surface area contributed by atoms with Gasteiger partial charge in [0.2, 0.25) is 5.41 Å². The van der Waals surface area contributed by atoms with Gasteiger partial charge in [-0.1, -0.05) is 44.2 Å². The molecule has 4 aromatic rings. The molecular weight excluding hydrogens is 806 g/mol. The summed E-state index contributed by atoms with van der Waals surface area (Å²) in [7, 11) is 1.02. The number of fused-ring (bicyclic) bond motifs is 2. The second kappa shape index (κ2) is 15.7. The lowest BCUT2D eigenvalue weighted by Crippen LogP contribution is -2.55. The Morgan fingerprint density at radius 2 is 1.00 bits per heavy atom. The predicted molar refractivity (Wildman–Crippen MR) is 200 cm³/mol. The molecule has 0 saturated heterocycles. The van der Waals surface area contributed by atoms with Crippen LogP contribution in [-0.4, -0.2) is 107 Å². The predicted octanol–water partition coefficient (Wildman–Crippen LogP) is 5.22. The smallest absolute Gasteiger partial charge is 0.411 e. The number of halogens is 6. The summed E-state index contributed by atoms with van der Waals surface area (Å²) in [5, 5.41) is 38.6. The molecule has 2 atom stereocenters. The molecule has 0 bridgehead atoms. The van der Waals surface area contributed by atoms with Gasteiger partial charge in [-0.05, 0) is 77.2 Å². The molecule has 0 fully saturated rings. The Balaban J connectivity index is 1.44. The van der Waals surface area contributed by atoms with Crippen LogP contribution >= 0.6 is 0 Å². The van der Waals surface area contributed by atoms with Gasteiger partial charge in [0.15, 0.2) is 0 Å². The maximum absolute atomic E-state index is 15.2. The van der Waals surface area contributed by atoms with Crippen molar-refractivity contribution in [3.63, 3.8) is 0 Å². The minimum absolute atomic E-state index is 0.203. The third-order valence-corrected chi connectivity index (χ3v) is 10.8. The second-order valence-corrected chi connectivity index (χ2v) is 15.0. The van der Waals surface area contributed by atoms with Crippen LogP contribution in [0.3, 0.4) is 0 Å². The monoisotopic (exact) mass is 844 g/mol. The van der Waals surface area contributed by atoms with Gasteiger partial charge >= 0.3 is 12.4 Å². The number of aliphatic hydroxyl groups excluding tert-OH is 4. The topological polar surface area (TPSA) is 174 Å². The molecule has 0 aliphatic carbocycles. The number of rotatable bonds is 13. The quantitative estimate of drug-likeness (QED) is 0.103. The average molecular weight is 845 g/mol. The van der Waals surface area contributed by atoms with E-state index in [2.05, 4.69) is 0 Å². The van der Waals surface area contributed by atoms with E-state index in [0.717, 1.165) is 7.05 Å². The molecule has 2 aliphatic rings. The maximum atomic E-state index is 15.2. The minimum Gasteiger partial charge on any atom is -0.491 e. The Morgan fingerprint density at radius 3 is 1.52 bits per heavy atom. The van der Waals surface area contributed by atoms with Gasteiger partial charge in [0.05, 0.1) is 41.2 Å². The number of ether oxygens (including phenoxy) is 2. The van der Waals surface area contributed by atoms with Crippen LogP contribution in [0, 0.1) is 6.92 Å². The number of nitrogens with zero attached hydrogens (tertiary/aromatic N) is 2. The highest BCUT2D eigenvalue weighted by molar-refractivity contribution is 6.35. The molecule has 18 heteroatoms. The highest BCUT2D eigenvalue weighted by atomic mass is 19.4. The van der Waals surface area contributed by atoms with Gasteiger partial charge in [-0.3, -0.25) is 24.1 Å². The number of anilines is 1. The minimum atomic E-state index is -6.15. The molecule has 12 nitrogen and oxygen atoms in total. The number of hydrogen-bond donors (Lipinski definition) is 4. The van der Waals surface area contributed by atoms with Crippen molar-refractivity contribution in [3.8, 4) is 11.5 Å². The van der Waals surface area contributed by atoms with Gasteiger partial charge < -0.3 is 29.9 Å². The fourth-order valence-electron chi connectivity index (χ4n) is 7.26. The van der Waals surface area contributed by atoms with E-state index in [1.165, 1.54) is 18.2 Å². The van der Waals surface area contributed by atoms with Crippen molar-refractivity contribution in [2.75, 3.05) is 38.4 Å². The molecule has 0 saturated carbocycles. The first-order valence-corrected chi connectivity index (χ1v) is 18.2. The molecule has 0 radical (unpaired) electrons. The van der Waals surface area contributed by atoms with Crippen LogP contribution in [0.2, 0.25) is 0 Å². The van der Waals surface area contributed by atoms with Gasteiger partial charge in [0.1, 0.15) is 36.9 Å². The van der Waals surface area contributed by atoms with E-state index in [1.54, 1.807) is 39.0 Å². The molecule has 2 heterocycles. The average Bonchev–Trinajstić information content (AvgIpc) is 3.57. The largest absolute Gasteiger partial charge is 0.491 e. The molecule has 2 aliphatic heterocycles. The van der Waals surface area contributed by atoms with Crippen LogP contribution in [-0.2, 0) is 10.8 Å². The Bertz CT molecular complexity index is 2380. The highest BCUT2D eigenvalue weighted by Crippen LogP contribution is 2.57. The van der Waals surface area contributed by atoms with Crippen LogP contribution in [0.15, 0.2) is 72.8 Å². The molecule has 6 rings (SSSR count). The van der Waals surface area contributed by atoms with Crippen molar-refractivity contribution in [1.82, 2.24) is 4.90 Å². The summed E-state index contributed by atoms with van der Waals surface area (Å²) in [6.07, 6.45) is -14.9. The number of alkyl halides is 6. The van der Waals surface area contributed by atoms with Gasteiger partial charge in [-0.2, -0.15) is 26.3 Å². The fourth-order valence-corrected chi connectivity index (χ4v) is 7.26. The van der Waals surface area contributed by atoms with Crippen molar-refractivity contribution >= 4 is 29.3 Å². The first kappa shape index (κ1) is 43.8. The molecule has 60 heavy (non-hydrogen) atoms. The molecule has 318 valence electrons. The van der Waals surface area contributed by atoms with Gasteiger partial charge in [-0.25, -0.2) is 4.90 Å². The molecule has 0 aromatic heterocycles. The number of aryl methyl sites for hydroxylation is 1. The Morgan fingerprint density at radius 1 is 0.583 bits per heavy atom. The van der Waals surface area contributed by atoms with E-state index in [0.29, 0.717) is 68.6 Å². The van der Waals surface area contributed by atoms with Crippen molar-refractivity contribution < 1.29 is 75.4 Å².